The van der Waals surface area contributed by atoms with E-state index in [1.54, 1.807) is 0 Å². The van der Waals surface area contributed by atoms with Crippen LogP contribution in [0.4, 0.5) is 0 Å². The minimum atomic E-state index is 0.0131. The number of fused-ring (bicyclic) bond motifs is 1. The molecule has 2 rings (SSSR count). The smallest absolute Gasteiger partial charge is 0.0685 e. The van der Waals surface area contributed by atoms with E-state index in [0.717, 1.165) is 11.1 Å². The summed E-state index contributed by atoms with van der Waals surface area (Å²) >= 11 is 0. The van der Waals surface area contributed by atoms with Gasteiger partial charge in [-0.3, -0.25) is 0 Å². The van der Waals surface area contributed by atoms with Gasteiger partial charge in [-0.25, -0.2) is 0 Å². The predicted octanol–water partition coefficient (Wildman–Crippen LogP) is 1.31. The van der Waals surface area contributed by atoms with Gasteiger partial charge in [-0.2, -0.15) is 0 Å². The molecule has 0 aromatic heterocycles. The van der Waals surface area contributed by atoms with Crippen LogP contribution >= 0.6 is 0 Å². The van der Waals surface area contributed by atoms with Crippen molar-refractivity contribution in [1.29, 1.82) is 0 Å². The molecule has 0 spiro atoms. The van der Waals surface area contributed by atoms with Crippen molar-refractivity contribution in [1.82, 2.24) is 0 Å². The molecule has 2 N–H and O–H groups in total. The Bertz CT molecular complexity index is 320. The highest BCUT2D eigenvalue weighted by Gasteiger charge is 2.41. The van der Waals surface area contributed by atoms with Gasteiger partial charge in [-0.05, 0) is 22.3 Å². The molecule has 1 aliphatic carbocycles. The van der Waals surface area contributed by atoms with Crippen LogP contribution in [0.5, 0.6) is 0 Å². The van der Waals surface area contributed by atoms with Gasteiger partial charge in [0.2, 0.25) is 0 Å². The van der Waals surface area contributed by atoms with Gasteiger partial charge in [0.15, 0.2) is 0 Å². The second kappa shape index (κ2) is 2.56. The first-order chi connectivity index (χ1) is 6.11. The Morgan fingerprint density at radius 2 is 1.38 bits per heavy atom. The zero-order chi connectivity index (χ0) is 9.64. The number of aliphatic hydroxyl groups is 2. The van der Waals surface area contributed by atoms with Crippen LogP contribution in [0.1, 0.15) is 36.1 Å². The number of hydrogen-bond donors (Lipinski definition) is 2. The Morgan fingerprint density at radius 3 is 1.69 bits per heavy atom. The lowest BCUT2D eigenvalue weighted by Gasteiger charge is -2.00. The van der Waals surface area contributed by atoms with Gasteiger partial charge in [0, 0.05) is 5.41 Å². The molecule has 0 amide bonds. The summed E-state index contributed by atoms with van der Waals surface area (Å²) in [6, 6.07) is 4.00. The zero-order valence-corrected chi connectivity index (χ0v) is 7.96. The Hall–Kier alpha value is -0.860. The topological polar surface area (TPSA) is 40.5 Å². The Labute approximate surface area is 77.8 Å². The summed E-state index contributed by atoms with van der Waals surface area (Å²) in [7, 11) is 0. The number of benzene rings is 1. The van der Waals surface area contributed by atoms with Crippen molar-refractivity contribution in [3.8, 4) is 0 Å². The Morgan fingerprint density at radius 1 is 1.00 bits per heavy atom. The van der Waals surface area contributed by atoms with E-state index in [9.17, 15) is 0 Å². The maximum atomic E-state index is 9.06. The first kappa shape index (κ1) is 8.73. The van der Waals surface area contributed by atoms with Gasteiger partial charge in [-0.1, -0.05) is 26.0 Å². The van der Waals surface area contributed by atoms with Gasteiger partial charge in [0.05, 0.1) is 13.2 Å². The van der Waals surface area contributed by atoms with E-state index in [-0.39, 0.29) is 18.6 Å². The summed E-state index contributed by atoms with van der Waals surface area (Å²) in [5.41, 5.74) is 4.47. The van der Waals surface area contributed by atoms with Crippen molar-refractivity contribution in [3.05, 3.63) is 34.4 Å². The van der Waals surface area contributed by atoms with Crippen LogP contribution in [-0.4, -0.2) is 10.2 Å². The van der Waals surface area contributed by atoms with E-state index >= 15 is 0 Å². The fourth-order valence-corrected chi connectivity index (χ4v) is 1.87. The summed E-state index contributed by atoms with van der Waals surface area (Å²) in [5, 5.41) is 18.1. The molecule has 1 aliphatic rings. The molecule has 0 radical (unpaired) electrons. The fourth-order valence-electron chi connectivity index (χ4n) is 1.87. The summed E-state index contributed by atoms with van der Waals surface area (Å²) in [5.74, 6) is 0. The Balaban J connectivity index is 2.48. The highest BCUT2D eigenvalue weighted by Crippen LogP contribution is 2.50. The lowest BCUT2D eigenvalue weighted by molar-refractivity contribution is 0.260. The summed E-state index contributed by atoms with van der Waals surface area (Å²) in [6.07, 6.45) is 0. The average molecular weight is 178 g/mol. The molecule has 1 aromatic rings. The van der Waals surface area contributed by atoms with Crippen LogP contribution in [0.25, 0.3) is 0 Å². The van der Waals surface area contributed by atoms with Crippen molar-refractivity contribution in [2.45, 2.75) is 32.5 Å². The van der Waals surface area contributed by atoms with E-state index < -0.39 is 0 Å². The molecule has 70 valence electrons. The molecule has 0 aliphatic heterocycles. The van der Waals surface area contributed by atoms with Crippen molar-refractivity contribution in [3.63, 3.8) is 0 Å². The monoisotopic (exact) mass is 178 g/mol. The zero-order valence-electron chi connectivity index (χ0n) is 7.96. The third-order valence-electron chi connectivity index (χ3n) is 2.96. The third-order valence-corrected chi connectivity index (χ3v) is 2.96. The molecular formula is C11H14O2. The van der Waals surface area contributed by atoms with Gasteiger partial charge in [-0.15, -0.1) is 0 Å². The van der Waals surface area contributed by atoms with Gasteiger partial charge >= 0.3 is 0 Å². The minimum absolute atomic E-state index is 0.0131. The first-order valence-electron chi connectivity index (χ1n) is 4.49. The lowest BCUT2D eigenvalue weighted by atomic mass is 10.1. The highest BCUT2D eigenvalue weighted by molar-refractivity contribution is 5.61. The highest BCUT2D eigenvalue weighted by atomic mass is 16.3. The van der Waals surface area contributed by atoms with Crippen LogP contribution < -0.4 is 0 Å². The van der Waals surface area contributed by atoms with Gasteiger partial charge < -0.3 is 10.2 Å². The van der Waals surface area contributed by atoms with E-state index in [1.165, 1.54) is 11.1 Å². The molecule has 0 fully saturated rings. The lowest BCUT2D eigenvalue weighted by Crippen LogP contribution is -1.91. The van der Waals surface area contributed by atoms with Crippen LogP contribution in [0.2, 0.25) is 0 Å². The third kappa shape index (κ3) is 1.10. The number of hydrogen-bond acceptors (Lipinski definition) is 2. The molecular weight excluding hydrogens is 164 g/mol. The fraction of sp³-hybridized carbons (Fsp3) is 0.455. The van der Waals surface area contributed by atoms with Crippen LogP contribution in [-0.2, 0) is 18.6 Å². The van der Waals surface area contributed by atoms with Crippen LogP contribution in [0.15, 0.2) is 12.1 Å². The van der Waals surface area contributed by atoms with Crippen molar-refractivity contribution in [2.75, 3.05) is 0 Å². The molecule has 13 heavy (non-hydrogen) atoms. The molecule has 2 heteroatoms. The maximum absolute atomic E-state index is 9.06. The van der Waals surface area contributed by atoms with E-state index in [1.807, 2.05) is 12.1 Å². The molecule has 2 nitrogen and oxygen atoms in total. The minimum Gasteiger partial charge on any atom is -0.392 e. The molecule has 0 saturated carbocycles. The first-order valence-corrected chi connectivity index (χ1v) is 4.49. The number of aliphatic hydroxyl groups excluding tert-OH is 2. The molecule has 0 saturated heterocycles. The van der Waals surface area contributed by atoms with Crippen LogP contribution in [0.3, 0.4) is 0 Å². The van der Waals surface area contributed by atoms with Gasteiger partial charge in [0.25, 0.3) is 0 Å². The molecule has 0 unspecified atom stereocenters. The average Bonchev–Trinajstić information content (AvgIpc) is 2.66. The van der Waals surface area contributed by atoms with Gasteiger partial charge in [0.1, 0.15) is 0 Å². The molecule has 0 heterocycles. The maximum Gasteiger partial charge on any atom is 0.0685 e. The standard InChI is InChI=1S/C11H14O2/c1-11(2)9-3-7(5-12)8(6-13)4-10(9)11/h3-4,12-13H,5-6H2,1-2H3. The summed E-state index contributed by atoms with van der Waals surface area (Å²) < 4.78 is 0. The Kier molecular flexibility index (Phi) is 1.72. The molecule has 0 bridgehead atoms. The quantitative estimate of drug-likeness (QED) is 0.716. The summed E-state index contributed by atoms with van der Waals surface area (Å²) in [6.45, 7) is 4.33. The second-order valence-electron chi connectivity index (χ2n) is 4.11. The predicted molar refractivity (Wildman–Crippen MR) is 50.4 cm³/mol. The van der Waals surface area contributed by atoms with Crippen molar-refractivity contribution >= 4 is 0 Å². The van der Waals surface area contributed by atoms with E-state index in [2.05, 4.69) is 13.8 Å². The molecule has 0 atom stereocenters. The van der Waals surface area contributed by atoms with Crippen molar-refractivity contribution in [2.24, 2.45) is 0 Å². The van der Waals surface area contributed by atoms with Crippen LogP contribution in [0, 0.1) is 0 Å². The largest absolute Gasteiger partial charge is 0.392 e. The van der Waals surface area contributed by atoms with Crippen molar-refractivity contribution < 1.29 is 10.2 Å². The normalized spacial score (nSPS) is 16.9. The van der Waals surface area contributed by atoms with E-state index in [0.29, 0.717) is 0 Å². The second-order valence-corrected chi connectivity index (χ2v) is 4.11. The SMILES string of the molecule is CC1(C)c2cc(CO)c(CO)cc21. The van der Waals surface area contributed by atoms with E-state index in [4.69, 9.17) is 10.2 Å². The number of rotatable bonds is 2. The summed E-state index contributed by atoms with van der Waals surface area (Å²) in [4.78, 5) is 0. The molecule has 1 aromatic carbocycles.